The topological polar surface area (TPSA) is 39.4 Å². The van der Waals surface area contributed by atoms with E-state index in [1.54, 1.807) is 0 Å². The maximum absolute atomic E-state index is 8.40. The van der Waals surface area contributed by atoms with E-state index in [0.29, 0.717) is 0 Å². The molecule has 0 aliphatic heterocycles. The molecule has 0 saturated carbocycles. The summed E-state index contributed by atoms with van der Waals surface area (Å²) in [6.07, 6.45) is 0. The zero-order valence-corrected chi connectivity index (χ0v) is 6.20. The van der Waals surface area contributed by atoms with Crippen LogP contribution < -0.4 is 51.4 Å². The van der Waals surface area contributed by atoms with Gasteiger partial charge in [-0.3, -0.25) is 0 Å². The Bertz CT molecular complexity index is 29.0. The summed E-state index contributed by atoms with van der Waals surface area (Å²) in [6.45, 7) is 0. The molecule has 0 saturated heterocycles. The van der Waals surface area contributed by atoms with Crippen LogP contribution in [0.4, 0.5) is 0 Å². The fourth-order valence-electron chi connectivity index (χ4n) is 0. The molecule has 0 N–H and O–H groups in total. The van der Waals surface area contributed by atoms with Crippen molar-refractivity contribution < 1.29 is 55.6 Å². The van der Waals surface area contributed by atoms with Gasteiger partial charge in [-0.2, -0.15) is 0 Å². The summed E-state index contributed by atoms with van der Waals surface area (Å²) in [5.41, 5.74) is 0. The van der Waals surface area contributed by atoms with E-state index >= 15 is 0 Å². The van der Waals surface area contributed by atoms with Crippen molar-refractivity contribution in [3.8, 4) is 0 Å². The molecule has 0 fully saturated rings. The van der Waals surface area contributed by atoms with Crippen molar-refractivity contribution in [3.63, 3.8) is 0 Å². The monoisotopic (exact) mass is 101 g/mol. The molecule has 0 amide bonds. The van der Waals surface area contributed by atoms with E-state index in [2.05, 4.69) is 0 Å². The molecule has 0 rings (SSSR count). The van der Waals surface area contributed by atoms with Crippen LogP contribution in [0.2, 0.25) is 0 Å². The molecule has 0 aromatic rings. The molecule has 0 unspecified atom stereocenters. The van der Waals surface area contributed by atoms with Crippen molar-refractivity contribution in [2.45, 2.75) is 0 Å². The van der Waals surface area contributed by atoms with Gasteiger partial charge >= 0.3 is 51.4 Å². The Morgan fingerprint density at radius 1 is 1.75 bits per heavy atom. The van der Waals surface area contributed by atoms with Crippen molar-refractivity contribution in [3.05, 3.63) is 4.78 Å². The Hall–Kier alpha value is 1.46. The largest absolute Gasteiger partial charge is 1.00 e. The minimum atomic E-state index is -0.500. The van der Waals surface area contributed by atoms with Crippen LogP contribution in [0.3, 0.4) is 0 Å². The van der Waals surface area contributed by atoms with Crippen LogP contribution in [-0.4, -0.2) is 4.21 Å². The quantitative estimate of drug-likeness (QED) is 0.299. The molecule has 0 radical (unpaired) electrons. The summed E-state index contributed by atoms with van der Waals surface area (Å²) in [6, 6.07) is 0. The van der Waals surface area contributed by atoms with Crippen molar-refractivity contribution in [1.29, 1.82) is 0 Å². The summed E-state index contributed by atoms with van der Waals surface area (Å²) in [5, 5.41) is 0. The first-order chi connectivity index (χ1) is 1.41. The van der Waals surface area contributed by atoms with Gasteiger partial charge in [-0.1, -0.05) is 11.5 Å². The van der Waals surface area contributed by atoms with E-state index in [4.69, 9.17) is 8.99 Å². The Balaban J connectivity index is 0. The van der Waals surface area contributed by atoms with E-state index in [0.717, 1.165) is 0 Å². The Morgan fingerprint density at radius 3 is 1.75 bits per heavy atom. The number of hydrogen-bond acceptors (Lipinski definition) is 1. The summed E-state index contributed by atoms with van der Waals surface area (Å²) in [4.78, 5) is 0. The molecule has 4 heteroatoms. The summed E-state index contributed by atoms with van der Waals surface area (Å²) >= 11 is -0.500. The van der Waals surface area contributed by atoms with Crippen LogP contribution in [0, 0.1) is 0 Å². The van der Waals surface area contributed by atoms with Crippen LogP contribution in [0.15, 0.2) is 0 Å². The first-order valence-electron chi connectivity index (χ1n) is 0.349. The van der Waals surface area contributed by atoms with Gasteiger partial charge in [0, 0.05) is 0 Å². The smallest absolute Gasteiger partial charge is 0.713 e. The zero-order valence-electron chi connectivity index (χ0n) is 2.26. The van der Waals surface area contributed by atoms with E-state index in [9.17, 15) is 0 Å². The molecule has 2 nitrogen and oxygen atoms in total. The standard InChI is InChI=1S/K.NOS/c;1-3-2/q+1;-1. The maximum Gasteiger partial charge on any atom is 1.00 e. The molecular weight excluding hydrogens is 101 g/mol. The van der Waals surface area contributed by atoms with Crippen LogP contribution in [0.1, 0.15) is 0 Å². The van der Waals surface area contributed by atoms with Gasteiger partial charge in [0.25, 0.3) is 0 Å². The van der Waals surface area contributed by atoms with Crippen molar-refractivity contribution >= 4 is 11.5 Å². The molecule has 0 aliphatic carbocycles. The summed E-state index contributed by atoms with van der Waals surface area (Å²) in [5.74, 6) is 0. The molecule has 0 aromatic carbocycles. The Kier molecular flexibility index (Phi) is 20.0. The second-order valence-corrected chi connectivity index (χ2v) is 0.224. The third kappa shape index (κ3) is 9.83. The van der Waals surface area contributed by atoms with E-state index in [1.165, 1.54) is 0 Å². The average Bonchev–Trinajstić information content (AvgIpc) is 0.918. The van der Waals surface area contributed by atoms with Gasteiger partial charge < -0.3 is 4.78 Å². The van der Waals surface area contributed by atoms with Crippen molar-refractivity contribution in [2.24, 2.45) is 0 Å². The average molecular weight is 101 g/mol. The van der Waals surface area contributed by atoms with Gasteiger partial charge in [0.15, 0.2) is 0 Å². The third-order valence-corrected chi connectivity index (χ3v) is 0. The van der Waals surface area contributed by atoms with Gasteiger partial charge in [0.1, 0.15) is 0 Å². The Labute approximate surface area is 70.4 Å². The predicted octanol–water partition coefficient (Wildman–Crippen LogP) is -3.04. The Morgan fingerprint density at radius 2 is 1.75 bits per heavy atom. The molecule has 0 bridgehead atoms. The van der Waals surface area contributed by atoms with Crippen molar-refractivity contribution in [2.75, 3.05) is 0 Å². The molecular formula is KNOS. The molecule has 0 heterocycles. The molecule has 0 aromatic heterocycles. The minimum Gasteiger partial charge on any atom is -0.713 e. The second kappa shape index (κ2) is 8.82. The number of nitrogens with zero attached hydrogens (tertiary/aromatic N) is 1. The fraction of sp³-hybridized carbons (Fsp3) is 0. The molecule has 0 atom stereocenters. The minimum absolute atomic E-state index is 0. The van der Waals surface area contributed by atoms with E-state index < -0.39 is 11.5 Å². The van der Waals surface area contributed by atoms with Gasteiger partial charge in [-0.05, 0) is 0 Å². The third-order valence-electron chi connectivity index (χ3n) is 0. The molecule has 0 spiro atoms. The predicted molar refractivity (Wildman–Crippen MR) is 11.5 cm³/mol. The molecule has 18 valence electrons. The first kappa shape index (κ1) is 9.07. The van der Waals surface area contributed by atoms with Gasteiger partial charge in [-0.15, -0.1) is 0 Å². The van der Waals surface area contributed by atoms with Crippen molar-refractivity contribution in [1.82, 2.24) is 0 Å². The number of hydrogen-bond donors (Lipinski definition) is 0. The normalized spacial score (nSPS) is 3.00. The van der Waals surface area contributed by atoms with Crippen LogP contribution in [-0.2, 0) is 11.5 Å². The molecule has 4 heavy (non-hydrogen) atoms. The van der Waals surface area contributed by atoms with E-state index in [-0.39, 0.29) is 51.4 Å². The number of rotatable bonds is 0. The van der Waals surface area contributed by atoms with Crippen LogP contribution in [0.25, 0.3) is 4.78 Å². The second-order valence-electron chi connectivity index (χ2n) is 0.0745. The van der Waals surface area contributed by atoms with E-state index in [1.807, 2.05) is 0 Å². The van der Waals surface area contributed by atoms with Gasteiger partial charge in [-0.25, -0.2) is 4.21 Å². The van der Waals surface area contributed by atoms with Crippen LogP contribution in [0.5, 0.6) is 0 Å². The van der Waals surface area contributed by atoms with Crippen LogP contribution >= 0.6 is 0 Å². The van der Waals surface area contributed by atoms with Gasteiger partial charge in [0.05, 0.1) is 0 Å². The summed E-state index contributed by atoms with van der Waals surface area (Å²) < 4.78 is 15.3. The first-order valence-corrected chi connectivity index (χ1v) is 1.05. The SMILES string of the molecule is [K+].[N-]=S=O. The fourth-order valence-corrected chi connectivity index (χ4v) is 0. The zero-order chi connectivity index (χ0) is 2.71. The van der Waals surface area contributed by atoms with Gasteiger partial charge in [0.2, 0.25) is 0 Å². The maximum atomic E-state index is 8.40. The molecule has 0 aliphatic rings. The summed E-state index contributed by atoms with van der Waals surface area (Å²) in [7, 11) is 0.